The van der Waals surface area contributed by atoms with Crippen LogP contribution < -0.4 is 16.0 Å². The lowest BCUT2D eigenvalue weighted by atomic mass is 10.2. The van der Waals surface area contributed by atoms with Crippen LogP contribution in [0.1, 0.15) is 31.2 Å². The molecule has 0 saturated heterocycles. The van der Waals surface area contributed by atoms with Crippen LogP contribution in [0, 0.1) is 0 Å². The van der Waals surface area contributed by atoms with Gasteiger partial charge in [-0.1, -0.05) is 31.0 Å². The standard InChI is InChI=1S/C16H22N4O.HI/c17-16(19-13-6-2-3-7-13)18-9-10-20-14-8-4-1-5-12(14)11-15(20)21;/h1,4-5,8,13H,2-3,6-7,9-11H2,(H3,17,18,19);1H. The zero-order valence-electron chi connectivity index (χ0n) is 12.6. The maximum Gasteiger partial charge on any atom is 0.231 e. The first-order valence-corrected chi connectivity index (χ1v) is 7.69. The second-order valence-electron chi connectivity index (χ2n) is 5.74. The third kappa shape index (κ3) is 3.91. The fourth-order valence-corrected chi connectivity index (χ4v) is 3.16. The summed E-state index contributed by atoms with van der Waals surface area (Å²) in [6, 6.07) is 8.40. The average Bonchev–Trinajstić information content (AvgIpc) is 3.07. The number of hydrogen-bond acceptors (Lipinski definition) is 2. The van der Waals surface area contributed by atoms with Gasteiger partial charge in [0, 0.05) is 18.3 Å². The third-order valence-corrected chi connectivity index (χ3v) is 4.24. The van der Waals surface area contributed by atoms with E-state index >= 15 is 0 Å². The maximum atomic E-state index is 12.0. The molecule has 0 aromatic heterocycles. The van der Waals surface area contributed by atoms with Gasteiger partial charge in [-0.25, -0.2) is 0 Å². The summed E-state index contributed by atoms with van der Waals surface area (Å²) in [7, 11) is 0. The average molecular weight is 414 g/mol. The van der Waals surface area contributed by atoms with Crippen LogP contribution in [-0.4, -0.2) is 31.0 Å². The SMILES string of the molecule is I.NC(=NCCN1C(=O)Cc2ccccc21)NC1CCCC1. The number of amides is 1. The molecule has 5 nitrogen and oxygen atoms in total. The molecule has 1 saturated carbocycles. The molecule has 2 aliphatic rings. The fourth-order valence-electron chi connectivity index (χ4n) is 3.16. The maximum absolute atomic E-state index is 12.0. The van der Waals surface area contributed by atoms with Crippen LogP contribution in [0.15, 0.2) is 29.3 Å². The van der Waals surface area contributed by atoms with Crippen molar-refractivity contribution in [1.29, 1.82) is 0 Å². The molecule has 1 amide bonds. The number of carbonyl (C=O) groups excluding carboxylic acids is 1. The molecular formula is C16H23IN4O. The van der Waals surface area contributed by atoms with Gasteiger partial charge in [-0.3, -0.25) is 9.79 Å². The summed E-state index contributed by atoms with van der Waals surface area (Å²) in [5.41, 5.74) is 8.02. The summed E-state index contributed by atoms with van der Waals surface area (Å²) in [5, 5.41) is 3.26. The molecule has 1 aliphatic heterocycles. The van der Waals surface area contributed by atoms with Crippen molar-refractivity contribution < 1.29 is 4.79 Å². The van der Waals surface area contributed by atoms with Gasteiger partial charge in [0.1, 0.15) is 0 Å². The number of aliphatic imine (C=N–C) groups is 1. The number of hydrogen-bond donors (Lipinski definition) is 2. The molecular weight excluding hydrogens is 391 g/mol. The number of halogens is 1. The molecule has 3 rings (SSSR count). The number of para-hydroxylation sites is 1. The predicted octanol–water partition coefficient (Wildman–Crippen LogP) is 2.04. The zero-order chi connectivity index (χ0) is 14.7. The molecule has 6 heteroatoms. The molecule has 0 unspecified atom stereocenters. The van der Waals surface area contributed by atoms with Crippen molar-refractivity contribution in [3.05, 3.63) is 29.8 Å². The monoisotopic (exact) mass is 414 g/mol. The topological polar surface area (TPSA) is 70.7 Å². The lowest BCUT2D eigenvalue weighted by Gasteiger charge is -2.17. The molecule has 1 heterocycles. The Balaban J connectivity index is 0.00000176. The Morgan fingerprint density at radius 3 is 2.82 bits per heavy atom. The normalized spacial score (nSPS) is 18.3. The first-order chi connectivity index (χ1) is 10.2. The van der Waals surface area contributed by atoms with Crippen LogP contribution in [0.4, 0.5) is 5.69 Å². The van der Waals surface area contributed by atoms with Crippen LogP contribution in [0.5, 0.6) is 0 Å². The van der Waals surface area contributed by atoms with E-state index < -0.39 is 0 Å². The quantitative estimate of drug-likeness (QED) is 0.450. The van der Waals surface area contributed by atoms with Crippen molar-refractivity contribution in [1.82, 2.24) is 5.32 Å². The van der Waals surface area contributed by atoms with Crippen LogP contribution in [0.25, 0.3) is 0 Å². The highest BCUT2D eigenvalue weighted by Gasteiger charge is 2.26. The van der Waals surface area contributed by atoms with E-state index in [0.29, 0.717) is 31.5 Å². The second kappa shape index (κ2) is 7.80. The van der Waals surface area contributed by atoms with Crippen molar-refractivity contribution in [3.63, 3.8) is 0 Å². The predicted molar refractivity (Wildman–Crippen MR) is 99.8 cm³/mol. The third-order valence-electron chi connectivity index (χ3n) is 4.24. The highest BCUT2D eigenvalue weighted by Crippen LogP contribution is 2.27. The Morgan fingerprint density at radius 2 is 2.05 bits per heavy atom. The van der Waals surface area contributed by atoms with E-state index in [1.54, 1.807) is 0 Å². The highest BCUT2D eigenvalue weighted by atomic mass is 127. The Kier molecular flexibility index (Phi) is 6.05. The van der Waals surface area contributed by atoms with Gasteiger partial charge in [0.15, 0.2) is 5.96 Å². The molecule has 22 heavy (non-hydrogen) atoms. The summed E-state index contributed by atoms with van der Waals surface area (Å²) < 4.78 is 0. The number of rotatable bonds is 4. The van der Waals surface area contributed by atoms with Gasteiger partial charge in [-0.2, -0.15) is 0 Å². The van der Waals surface area contributed by atoms with Gasteiger partial charge in [0.2, 0.25) is 5.91 Å². The van der Waals surface area contributed by atoms with Gasteiger partial charge in [-0.15, -0.1) is 24.0 Å². The number of fused-ring (bicyclic) bond motifs is 1. The van der Waals surface area contributed by atoms with Gasteiger partial charge in [-0.05, 0) is 24.5 Å². The lowest BCUT2D eigenvalue weighted by Crippen LogP contribution is -2.39. The molecule has 1 fully saturated rings. The van der Waals surface area contributed by atoms with E-state index in [-0.39, 0.29) is 29.9 Å². The van der Waals surface area contributed by atoms with Gasteiger partial charge in [0.25, 0.3) is 0 Å². The molecule has 3 N–H and O–H groups in total. The van der Waals surface area contributed by atoms with E-state index in [4.69, 9.17) is 5.73 Å². The Morgan fingerprint density at radius 1 is 1.32 bits per heavy atom. The summed E-state index contributed by atoms with van der Waals surface area (Å²) in [6.07, 6.45) is 5.38. The van der Waals surface area contributed by atoms with Crippen molar-refractivity contribution in [2.45, 2.75) is 38.1 Å². The van der Waals surface area contributed by atoms with Crippen molar-refractivity contribution in [2.75, 3.05) is 18.0 Å². The summed E-state index contributed by atoms with van der Waals surface area (Å²) in [5.74, 6) is 0.649. The van der Waals surface area contributed by atoms with E-state index in [1.807, 2.05) is 29.2 Å². The van der Waals surface area contributed by atoms with Crippen LogP contribution in [0.3, 0.4) is 0 Å². The Hall–Kier alpha value is -1.31. The number of nitrogens with two attached hydrogens (primary N) is 1. The van der Waals surface area contributed by atoms with Crippen LogP contribution in [0.2, 0.25) is 0 Å². The minimum atomic E-state index is 0. The summed E-state index contributed by atoms with van der Waals surface area (Å²) in [4.78, 5) is 18.2. The van der Waals surface area contributed by atoms with E-state index in [9.17, 15) is 4.79 Å². The van der Waals surface area contributed by atoms with Crippen molar-refractivity contribution >= 4 is 41.5 Å². The Labute approximate surface area is 148 Å². The summed E-state index contributed by atoms with van der Waals surface area (Å²) in [6.45, 7) is 1.12. The van der Waals surface area contributed by atoms with Gasteiger partial charge >= 0.3 is 0 Å². The number of nitrogens with one attached hydrogen (secondary N) is 1. The van der Waals surface area contributed by atoms with Crippen molar-refractivity contribution in [3.8, 4) is 0 Å². The van der Waals surface area contributed by atoms with Gasteiger partial charge < -0.3 is 16.0 Å². The highest BCUT2D eigenvalue weighted by molar-refractivity contribution is 14.0. The molecule has 120 valence electrons. The van der Waals surface area contributed by atoms with Crippen molar-refractivity contribution in [2.24, 2.45) is 10.7 Å². The second-order valence-corrected chi connectivity index (χ2v) is 5.74. The summed E-state index contributed by atoms with van der Waals surface area (Å²) >= 11 is 0. The van der Waals surface area contributed by atoms with Crippen LogP contribution in [-0.2, 0) is 11.2 Å². The number of guanidine groups is 1. The number of nitrogens with zero attached hydrogens (tertiary/aromatic N) is 2. The Bertz CT molecular complexity index is 555. The van der Waals surface area contributed by atoms with E-state index in [0.717, 1.165) is 11.3 Å². The number of anilines is 1. The number of carbonyl (C=O) groups is 1. The first kappa shape index (κ1) is 17.1. The first-order valence-electron chi connectivity index (χ1n) is 7.69. The number of benzene rings is 1. The van der Waals surface area contributed by atoms with E-state index in [2.05, 4.69) is 10.3 Å². The molecule has 1 aliphatic carbocycles. The lowest BCUT2D eigenvalue weighted by molar-refractivity contribution is -0.117. The fraction of sp³-hybridized carbons (Fsp3) is 0.500. The van der Waals surface area contributed by atoms with E-state index in [1.165, 1.54) is 25.7 Å². The molecule has 1 aromatic carbocycles. The molecule has 0 bridgehead atoms. The van der Waals surface area contributed by atoms with Crippen LogP contribution >= 0.6 is 24.0 Å². The molecule has 1 aromatic rings. The molecule has 0 atom stereocenters. The minimum absolute atomic E-state index is 0. The molecule has 0 spiro atoms. The zero-order valence-corrected chi connectivity index (χ0v) is 15.0. The van der Waals surface area contributed by atoms with Gasteiger partial charge in [0.05, 0.1) is 13.0 Å². The smallest absolute Gasteiger partial charge is 0.231 e. The molecule has 0 radical (unpaired) electrons. The minimum Gasteiger partial charge on any atom is -0.370 e. The largest absolute Gasteiger partial charge is 0.370 e.